The van der Waals surface area contributed by atoms with Gasteiger partial charge in [0.2, 0.25) is 5.91 Å². The summed E-state index contributed by atoms with van der Waals surface area (Å²) < 4.78 is 5.59. The van der Waals surface area contributed by atoms with Crippen molar-refractivity contribution in [2.24, 2.45) is 5.92 Å². The van der Waals surface area contributed by atoms with E-state index in [1.165, 1.54) is 5.56 Å². The Balaban J connectivity index is 1.71. The fourth-order valence-electron chi connectivity index (χ4n) is 4.31. The van der Waals surface area contributed by atoms with E-state index in [0.29, 0.717) is 25.4 Å². The number of hydrogen-bond acceptors (Lipinski definition) is 4. The molecule has 0 spiro atoms. The third-order valence-electron chi connectivity index (χ3n) is 5.81. The molecule has 6 heteroatoms. The molecule has 0 radical (unpaired) electrons. The summed E-state index contributed by atoms with van der Waals surface area (Å²) in [5, 5.41) is 4.08. The summed E-state index contributed by atoms with van der Waals surface area (Å²) in [6, 6.07) is 15.8. The van der Waals surface area contributed by atoms with Gasteiger partial charge in [0.05, 0.1) is 0 Å². The molecule has 34 heavy (non-hydrogen) atoms. The molecule has 0 saturated carbocycles. The van der Waals surface area contributed by atoms with E-state index in [-0.39, 0.29) is 29.8 Å². The van der Waals surface area contributed by atoms with Crippen molar-refractivity contribution in [2.45, 2.75) is 47.6 Å². The second kappa shape index (κ2) is 11.1. The molecule has 1 aromatic heterocycles. The summed E-state index contributed by atoms with van der Waals surface area (Å²) >= 11 is 0. The molecule has 0 N–H and O–H groups in total. The van der Waals surface area contributed by atoms with Gasteiger partial charge in [0.1, 0.15) is 0 Å². The van der Waals surface area contributed by atoms with E-state index in [1.807, 2.05) is 44.2 Å². The van der Waals surface area contributed by atoms with E-state index in [2.05, 4.69) is 38.1 Å². The zero-order valence-electron chi connectivity index (χ0n) is 21.1. The quantitative estimate of drug-likeness (QED) is 0.427. The molecule has 0 fully saturated rings. The van der Waals surface area contributed by atoms with Crippen molar-refractivity contribution in [3.63, 3.8) is 0 Å². The summed E-state index contributed by atoms with van der Waals surface area (Å²) in [5.74, 6) is 0.623. The number of rotatable bonds is 9. The molecule has 2 aromatic carbocycles. The lowest BCUT2D eigenvalue weighted by Gasteiger charge is -2.25. The highest BCUT2D eigenvalue weighted by Crippen LogP contribution is 2.29. The maximum Gasteiger partial charge on any atom is 0.276 e. The largest absolute Gasteiger partial charge is 0.355 e. The van der Waals surface area contributed by atoms with Gasteiger partial charge in [0.25, 0.3) is 5.91 Å². The van der Waals surface area contributed by atoms with Crippen LogP contribution in [0.4, 0.5) is 0 Å². The first kappa shape index (κ1) is 25.2. The van der Waals surface area contributed by atoms with Gasteiger partial charge in [-0.15, -0.1) is 0 Å². The van der Waals surface area contributed by atoms with Crippen LogP contribution in [0.25, 0.3) is 11.3 Å². The fraction of sp³-hybridized carbons (Fsp3) is 0.393. The van der Waals surface area contributed by atoms with Gasteiger partial charge in [-0.1, -0.05) is 67.0 Å². The number of benzene rings is 2. The predicted octanol–water partition coefficient (Wildman–Crippen LogP) is 5.41. The minimum Gasteiger partial charge on any atom is -0.355 e. The molecule has 0 aliphatic heterocycles. The van der Waals surface area contributed by atoms with Crippen molar-refractivity contribution in [1.82, 2.24) is 15.0 Å². The lowest BCUT2D eigenvalue weighted by Crippen LogP contribution is -2.38. The topological polar surface area (TPSA) is 66.7 Å². The minimum absolute atomic E-state index is 0.00263. The first-order valence-corrected chi connectivity index (χ1v) is 11.8. The van der Waals surface area contributed by atoms with Crippen LogP contribution in [-0.2, 0) is 11.3 Å². The van der Waals surface area contributed by atoms with Gasteiger partial charge in [-0.2, -0.15) is 0 Å². The maximum atomic E-state index is 13.3. The maximum absolute atomic E-state index is 13.3. The molecule has 3 aromatic rings. The zero-order chi connectivity index (χ0) is 24.8. The molecular weight excluding hydrogens is 426 g/mol. The Bertz CT molecular complexity index is 1110. The predicted molar refractivity (Wildman–Crippen MR) is 134 cm³/mol. The smallest absolute Gasteiger partial charge is 0.276 e. The molecule has 0 aliphatic rings. The van der Waals surface area contributed by atoms with E-state index in [4.69, 9.17) is 4.52 Å². The number of nitrogens with zero attached hydrogens (tertiary/aromatic N) is 3. The van der Waals surface area contributed by atoms with Crippen LogP contribution < -0.4 is 0 Å². The third-order valence-corrected chi connectivity index (χ3v) is 5.81. The van der Waals surface area contributed by atoms with Crippen LogP contribution in [0.5, 0.6) is 0 Å². The fourth-order valence-corrected chi connectivity index (χ4v) is 4.31. The molecule has 0 atom stereocenters. The standard InChI is InChI=1S/C28H35N3O3/c1-19(2)17-31(13-12-26(32)30(6)18-23-10-8-7-9-11-23)28(33)24-16-25(34-29-24)27-21(4)14-20(3)15-22(27)5/h7-11,14-16,19H,12-13,17-18H2,1-6H3. The van der Waals surface area contributed by atoms with Crippen molar-refractivity contribution in [3.05, 3.63) is 76.5 Å². The number of aromatic nitrogens is 1. The van der Waals surface area contributed by atoms with E-state index in [9.17, 15) is 9.59 Å². The first-order valence-electron chi connectivity index (χ1n) is 11.8. The Morgan fingerprint density at radius 1 is 1.00 bits per heavy atom. The molecule has 2 amide bonds. The van der Waals surface area contributed by atoms with Gasteiger partial charge in [-0.25, -0.2) is 0 Å². The molecule has 180 valence electrons. The Labute approximate surface area is 202 Å². The number of hydrogen-bond donors (Lipinski definition) is 0. The van der Waals surface area contributed by atoms with Crippen molar-refractivity contribution < 1.29 is 14.1 Å². The number of carbonyl (C=O) groups is 2. The van der Waals surface area contributed by atoms with Crippen LogP contribution in [0, 0.1) is 26.7 Å². The lowest BCUT2D eigenvalue weighted by molar-refractivity contribution is -0.130. The Morgan fingerprint density at radius 2 is 1.65 bits per heavy atom. The summed E-state index contributed by atoms with van der Waals surface area (Å²) in [6.07, 6.45) is 0.253. The lowest BCUT2D eigenvalue weighted by atomic mass is 9.98. The zero-order valence-corrected chi connectivity index (χ0v) is 21.1. The van der Waals surface area contributed by atoms with Crippen LogP contribution in [0.15, 0.2) is 53.1 Å². The summed E-state index contributed by atoms with van der Waals surface area (Å²) in [5.41, 5.74) is 5.65. The Hall–Kier alpha value is -3.41. The molecular formula is C28H35N3O3. The van der Waals surface area contributed by atoms with Crippen LogP contribution in [-0.4, -0.2) is 46.9 Å². The Kier molecular flexibility index (Phi) is 8.26. The van der Waals surface area contributed by atoms with Gasteiger partial charge in [-0.3, -0.25) is 9.59 Å². The average molecular weight is 462 g/mol. The van der Waals surface area contributed by atoms with E-state index in [0.717, 1.165) is 22.3 Å². The SMILES string of the molecule is Cc1cc(C)c(-c2cc(C(=O)N(CCC(=O)N(C)Cc3ccccc3)CC(C)C)no2)c(C)c1. The van der Waals surface area contributed by atoms with Gasteiger partial charge < -0.3 is 14.3 Å². The monoisotopic (exact) mass is 461 g/mol. The normalized spacial score (nSPS) is 11.0. The van der Waals surface area contributed by atoms with Gasteiger partial charge in [-0.05, 0) is 43.4 Å². The van der Waals surface area contributed by atoms with Crippen LogP contribution in [0.1, 0.15) is 53.0 Å². The Morgan fingerprint density at radius 3 is 2.26 bits per heavy atom. The number of aryl methyl sites for hydroxylation is 3. The van der Waals surface area contributed by atoms with Gasteiger partial charge >= 0.3 is 0 Å². The van der Waals surface area contributed by atoms with E-state index >= 15 is 0 Å². The van der Waals surface area contributed by atoms with Crippen molar-refractivity contribution in [3.8, 4) is 11.3 Å². The second-order valence-corrected chi connectivity index (χ2v) is 9.48. The summed E-state index contributed by atoms with van der Waals surface area (Å²) in [7, 11) is 1.79. The summed E-state index contributed by atoms with van der Waals surface area (Å²) in [6.45, 7) is 11.6. The second-order valence-electron chi connectivity index (χ2n) is 9.48. The molecule has 6 nitrogen and oxygen atoms in total. The molecule has 0 bridgehead atoms. The molecule has 0 unspecified atom stereocenters. The first-order chi connectivity index (χ1) is 16.2. The average Bonchev–Trinajstić information content (AvgIpc) is 3.25. The third kappa shape index (κ3) is 6.34. The van der Waals surface area contributed by atoms with Crippen molar-refractivity contribution in [1.29, 1.82) is 0 Å². The van der Waals surface area contributed by atoms with Crippen molar-refractivity contribution in [2.75, 3.05) is 20.1 Å². The molecule has 0 aliphatic carbocycles. The van der Waals surface area contributed by atoms with Crippen LogP contribution in [0.2, 0.25) is 0 Å². The molecule has 0 saturated heterocycles. The highest BCUT2D eigenvalue weighted by Gasteiger charge is 2.23. The molecule has 1 heterocycles. The van der Waals surface area contributed by atoms with Gasteiger partial charge in [0.15, 0.2) is 11.5 Å². The van der Waals surface area contributed by atoms with Crippen LogP contribution >= 0.6 is 0 Å². The highest BCUT2D eigenvalue weighted by atomic mass is 16.5. The van der Waals surface area contributed by atoms with Gasteiger partial charge in [0, 0.05) is 44.7 Å². The number of amides is 2. The molecule has 3 rings (SSSR count). The minimum atomic E-state index is -0.218. The van der Waals surface area contributed by atoms with E-state index in [1.54, 1.807) is 22.9 Å². The number of carbonyl (C=O) groups excluding carboxylic acids is 2. The highest BCUT2D eigenvalue weighted by molar-refractivity contribution is 5.93. The van der Waals surface area contributed by atoms with E-state index < -0.39 is 0 Å². The summed E-state index contributed by atoms with van der Waals surface area (Å²) in [4.78, 5) is 29.4. The van der Waals surface area contributed by atoms with Crippen LogP contribution in [0.3, 0.4) is 0 Å². The van der Waals surface area contributed by atoms with Crippen molar-refractivity contribution >= 4 is 11.8 Å².